The summed E-state index contributed by atoms with van der Waals surface area (Å²) >= 11 is 1.28. The highest BCUT2D eigenvalue weighted by atomic mass is 32.2. The van der Waals surface area contributed by atoms with E-state index in [0.717, 1.165) is 12.8 Å². The first-order valence-corrected chi connectivity index (χ1v) is 9.65. The van der Waals surface area contributed by atoms with Crippen LogP contribution in [0.4, 0.5) is 5.69 Å². The molecule has 9 nitrogen and oxygen atoms in total. The van der Waals surface area contributed by atoms with Gasteiger partial charge in [-0.15, -0.1) is 5.10 Å². The minimum atomic E-state index is -3.75. The summed E-state index contributed by atoms with van der Waals surface area (Å²) in [5.41, 5.74) is 0.488. The molecule has 1 saturated carbocycles. The summed E-state index contributed by atoms with van der Waals surface area (Å²) in [7, 11) is -3.75. The van der Waals surface area contributed by atoms with E-state index in [0.29, 0.717) is 16.9 Å². The Balaban J connectivity index is 1.62. The molecular weight excluding hydrogens is 352 g/mol. The van der Waals surface area contributed by atoms with Crippen LogP contribution in [0.15, 0.2) is 34.3 Å². The fraction of sp³-hybridized carbons (Fsp3) is 0.385. The van der Waals surface area contributed by atoms with Gasteiger partial charge in [-0.3, -0.25) is 4.79 Å². The van der Waals surface area contributed by atoms with Gasteiger partial charge in [0, 0.05) is 5.69 Å². The van der Waals surface area contributed by atoms with Crippen molar-refractivity contribution >= 4 is 33.4 Å². The number of nitrogens with two attached hydrogens (primary N) is 1. The predicted octanol–water partition coefficient (Wildman–Crippen LogP) is 0.775. The maximum Gasteiger partial charge on any atom is 0.238 e. The van der Waals surface area contributed by atoms with Gasteiger partial charge in [0.15, 0.2) is 0 Å². The first kappa shape index (κ1) is 16.9. The average Bonchev–Trinajstić information content (AvgIpc) is 3.27. The Morgan fingerprint density at radius 1 is 1.38 bits per heavy atom. The molecule has 128 valence electrons. The quantitative estimate of drug-likeness (QED) is 0.720. The van der Waals surface area contributed by atoms with Crippen LogP contribution in [-0.2, 0) is 14.8 Å². The number of benzene rings is 1. The third-order valence-electron chi connectivity index (χ3n) is 3.46. The standard InChI is InChI=1S/C13H16N6O3S2/c1-8(23-13-16-17-18-19(13)10-4-5-10)12(20)15-9-2-6-11(7-3-9)24(14,21)22/h2-3,6-8,10H,4-5H2,1H3,(H,15,20)(H2,14,21,22)/t8-/m1/s1. The number of primary sulfonamides is 1. The van der Waals surface area contributed by atoms with E-state index in [4.69, 9.17) is 5.14 Å². The number of aromatic nitrogens is 4. The van der Waals surface area contributed by atoms with E-state index in [9.17, 15) is 13.2 Å². The number of hydrogen-bond donors (Lipinski definition) is 2. The SMILES string of the molecule is C[C@@H](Sc1nnnn1C1CC1)C(=O)Nc1ccc(S(N)(=O)=O)cc1. The summed E-state index contributed by atoms with van der Waals surface area (Å²) in [6, 6.07) is 6.00. The summed E-state index contributed by atoms with van der Waals surface area (Å²) in [6.45, 7) is 1.75. The van der Waals surface area contributed by atoms with Crippen LogP contribution >= 0.6 is 11.8 Å². The Morgan fingerprint density at radius 3 is 2.62 bits per heavy atom. The van der Waals surface area contributed by atoms with E-state index in [-0.39, 0.29) is 10.8 Å². The highest BCUT2D eigenvalue weighted by Crippen LogP contribution is 2.37. The van der Waals surface area contributed by atoms with E-state index in [1.54, 1.807) is 11.6 Å². The number of rotatable bonds is 6. The van der Waals surface area contributed by atoms with Crippen molar-refractivity contribution in [1.29, 1.82) is 0 Å². The molecule has 3 N–H and O–H groups in total. The number of anilines is 1. The molecule has 1 atom stereocenters. The lowest BCUT2D eigenvalue weighted by Crippen LogP contribution is -2.23. The van der Waals surface area contributed by atoms with Crippen molar-refractivity contribution in [2.75, 3.05) is 5.32 Å². The van der Waals surface area contributed by atoms with Crippen LogP contribution < -0.4 is 10.5 Å². The zero-order valence-electron chi connectivity index (χ0n) is 12.8. The van der Waals surface area contributed by atoms with E-state index < -0.39 is 15.3 Å². The van der Waals surface area contributed by atoms with Gasteiger partial charge in [-0.25, -0.2) is 18.2 Å². The predicted molar refractivity (Wildman–Crippen MR) is 87.9 cm³/mol. The molecule has 2 aromatic rings. The minimum absolute atomic E-state index is 0.00784. The monoisotopic (exact) mass is 368 g/mol. The van der Waals surface area contributed by atoms with Crippen molar-refractivity contribution < 1.29 is 13.2 Å². The van der Waals surface area contributed by atoms with Gasteiger partial charge in [-0.05, 0) is 54.5 Å². The Labute approximate surface area is 143 Å². The van der Waals surface area contributed by atoms with Gasteiger partial charge in [0.25, 0.3) is 0 Å². The van der Waals surface area contributed by atoms with Crippen LogP contribution in [0.3, 0.4) is 0 Å². The zero-order valence-corrected chi connectivity index (χ0v) is 14.4. The average molecular weight is 368 g/mol. The van der Waals surface area contributed by atoms with Crippen molar-refractivity contribution in [3.8, 4) is 0 Å². The molecule has 0 spiro atoms. The number of carbonyl (C=O) groups excluding carboxylic acids is 1. The largest absolute Gasteiger partial charge is 0.325 e. The van der Waals surface area contributed by atoms with Gasteiger partial charge >= 0.3 is 0 Å². The molecule has 1 aliphatic carbocycles. The van der Waals surface area contributed by atoms with Crippen molar-refractivity contribution in [3.05, 3.63) is 24.3 Å². The van der Waals surface area contributed by atoms with E-state index >= 15 is 0 Å². The smallest absolute Gasteiger partial charge is 0.238 e. The number of amides is 1. The second-order valence-electron chi connectivity index (χ2n) is 5.46. The highest BCUT2D eigenvalue weighted by Gasteiger charge is 2.29. The third-order valence-corrected chi connectivity index (χ3v) is 5.43. The molecule has 1 fully saturated rings. The Kier molecular flexibility index (Phi) is 4.56. The molecule has 1 aromatic heterocycles. The number of thioether (sulfide) groups is 1. The Hall–Kier alpha value is -1.98. The van der Waals surface area contributed by atoms with Crippen LogP contribution in [0.25, 0.3) is 0 Å². The van der Waals surface area contributed by atoms with Gasteiger partial charge in [-0.1, -0.05) is 11.8 Å². The van der Waals surface area contributed by atoms with Gasteiger partial charge in [0.2, 0.25) is 21.1 Å². The van der Waals surface area contributed by atoms with E-state index in [1.165, 1.54) is 36.0 Å². The second kappa shape index (κ2) is 6.49. The molecule has 0 saturated heterocycles. The number of sulfonamides is 1. The molecule has 11 heteroatoms. The lowest BCUT2D eigenvalue weighted by atomic mass is 10.3. The molecule has 1 aliphatic rings. The lowest BCUT2D eigenvalue weighted by molar-refractivity contribution is -0.115. The molecule has 0 aliphatic heterocycles. The molecule has 3 rings (SSSR count). The van der Waals surface area contributed by atoms with Crippen LogP contribution in [0.5, 0.6) is 0 Å². The molecule has 0 unspecified atom stereocenters. The zero-order chi connectivity index (χ0) is 17.3. The minimum Gasteiger partial charge on any atom is -0.325 e. The molecule has 1 heterocycles. The number of nitrogens with one attached hydrogen (secondary N) is 1. The fourth-order valence-corrected chi connectivity index (χ4v) is 3.37. The van der Waals surface area contributed by atoms with Crippen LogP contribution in [0.2, 0.25) is 0 Å². The topological polar surface area (TPSA) is 133 Å². The maximum absolute atomic E-state index is 12.3. The van der Waals surface area contributed by atoms with Crippen molar-refractivity contribution in [1.82, 2.24) is 20.2 Å². The van der Waals surface area contributed by atoms with Crippen molar-refractivity contribution in [3.63, 3.8) is 0 Å². The first-order valence-electron chi connectivity index (χ1n) is 7.23. The molecule has 1 aromatic carbocycles. The third kappa shape index (κ3) is 3.91. The van der Waals surface area contributed by atoms with E-state index in [2.05, 4.69) is 20.8 Å². The molecule has 0 radical (unpaired) electrons. The number of nitrogens with zero attached hydrogens (tertiary/aromatic N) is 4. The fourth-order valence-electron chi connectivity index (χ4n) is 1.99. The van der Waals surface area contributed by atoms with Crippen LogP contribution in [-0.4, -0.2) is 39.8 Å². The van der Waals surface area contributed by atoms with Crippen LogP contribution in [0.1, 0.15) is 25.8 Å². The Morgan fingerprint density at radius 2 is 2.04 bits per heavy atom. The number of tetrazole rings is 1. The second-order valence-corrected chi connectivity index (χ2v) is 8.33. The van der Waals surface area contributed by atoms with Gasteiger partial charge in [0.05, 0.1) is 16.2 Å². The molecular formula is C13H16N6O3S2. The maximum atomic E-state index is 12.3. The van der Waals surface area contributed by atoms with Gasteiger partial charge in [-0.2, -0.15) is 0 Å². The van der Waals surface area contributed by atoms with E-state index in [1.807, 2.05) is 0 Å². The summed E-state index contributed by atoms with van der Waals surface area (Å²) < 4.78 is 24.2. The summed E-state index contributed by atoms with van der Waals surface area (Å²) in [5.74, 6) is -0.228. The molecule has 0 bridgehead atoms. The molecule has 24 heavy (non-hydrogen) atoms. The van der Waals surface area contributed by atoms with Gasteiger partial charge < -0.3 is 5.32 Å². The van der Waals surface area contributed by atoms with Crippen molar-refractivity contribution in [2.24, 2.45) is 5.14 Å². The lowest BCUT2D eigenvalue weighted by Gasteiger charge is -2.11. The number of hydrogen-bond acceptors (Lipinski definition) is 7. The summed E-state index contributed by atoms with van der Waals surface area (Å²) in [6.07, 6.45) is 2.10. The normalized spacial score (nSPS) is 15.9. The van der Waals surface area contributed by atoms with Gasteiger partial charge in [0.1, 0.15) is 0 Å². The highest BCUT2D eigenvalue weighted by molar-refractivity contribution is 8.00. The summed E-state index contributed by atoms with van der Waals surface area (Å²) in [5, 5.41) is 19.5. The number of carbonyl (C=O) groups is 1. The Bertz CT molecular complexity index is 845. The molecule has 1 amide bonds. The first-order chi connectivity index (χ1) is 11.3. The summed E-state index contributed by atoms with van der Waals surface area (Å²) in [4.78, 5) is 12.3. The van der Waals surface area contributed by atoms with Crippen LogP contribution in [0, 0.1) is 0 Å². The van der Waals surface area contributed by atoms with Crippen molar-refractivity contribution in [2.45, 2.75) is 41.1 Å².